The lowest BCUT2D eigenvalue weighted by molar-refractivity contribution is -0.385. The van der Waals surface area contributed by atoms with Gasteiger partial charge in [-0.2, -0.15) is 0 Å². The van der Waals surface area contributed by atoms with Gasteiger partial charge in [-0.1, -0.05) is 0 Å². The molecule has 1 aromatic carbocycles. The summed E-state index contributed by atoms with van der Waals surface area (Å²) in [5, 5.41) is 11.7. The average molecular weight is 455 g/mol. The van der Waals surface area contributed by atoms with E-state index >= 15 is 0 Å². The van der Waals surface area contributed by atoms with Crippen LogP contribution in [0.1, 0.15) is 24.9 Å². The maximum absolute atomic E-state index is 12.0. The number of nitrogens with zero attached hydrogens (tertiary/aromatic N) is 2. The van der Waals surface area contributed by atoms with E-state index in [1.807, 2.05) is 0 Å². The molecule has 11 nitrogen and oxygen atoms in total. The smallest absolute Gasteiger partial charge is 0.493 e. The fraction of sp³-hybridized carbons (Fsp3) is 0.474. The van der Waals surface area contributed by atoms with E-state index in [0.717, 1.165) is 17.1 Å². The van der Waals surface area contributed by atoms with E-state index in [4.69, 9.17) is 22.8 Å². The van der Waals surface area contributed by atoms with Gasteiger partial charge in [0.05, 0.1) is 36.3 Å². The van der Waals surface area contributed by atoms with Crippen molar-refractivity contribution in [1.29, 1.82) is 0 Å². The van der Waals surface area contributed by atoms with Crippen LogP contribution in [0.25, 0.3) is 0 Å². The quantitative estimate of drug-likeness (QED) is 0.154. The molecule has 0 N–H and O–H groups in total. The number of benzene rings is 1. The van der Waals surface area contributed by atoms with Crippen LogP contribution in [0.3, 0.4) is 0 Å². The molecule has 31 heavy (non-hydrogen) atoms. The lowest BCUT2D eigenvalue weighted by Gasteiger charge is -2.24. The number of imide groups is 1. The van der Waals surface area contributed by atoms with Gasteiger partial charge in [-0.05, 0) is 19.4 Å². The van der Waals surface area contributed by atoms with Gasteiger partial charge in [0.15, 0.2) is 11.5 Å². The normalized spacial score (nSPS) is 14.8. The number of amides is 2. The summed E-state index contributed by atoms with van der Waals surface area (Å²) in [4.78, 5) is 36.1. The van der Waals surface area contributed by atoms with Gasteiger partial charge >= 0.3 is 8.80 Å². The molecule has 0 fully saturated rings. The molecule has 12 heteroatoms. The molecule has 170 valence electrons. The third kappa shape index (κ3) is 5.28. The van der Waals surface area contributed by atoms with Crippen molar-refractivity contribution in [2.45, 2.75) is 25.4 Å². The van der Waals surface area contributed by atoms with Crippen molar-refractivity contribution >= 4 is 26.3 Å². The first kappa shape index (κ1) is 24.5. The first-order valence-corrected chi connectivity index (χ1v) is 11.4. The third-order valence-corrected chi connectivity index (χ3v) is 7.84. The number of nitro groups is 1. The van der Waals surface area contributed by atoms with E-state index in [2.05, 4.69) is 0 Å². The van der Waals surface area contributed by atoms with E-state index < -0.39 is 31.6 Å². The molecule has 1 aliphatic rings. The predicted molar refractivity (Wildman–Crippen MR) is 111 cm³/mol. The van der Waals surface area contributed by atoms with Gasteiger partial charge in [0.25, 0.3) is 17.5 Å². The highest BCUT2D eigenvalue weighted by atomic mass is 28.4. The Bertz CT molecular complexity index is 844. The highest BCUT2D eigenvalue weighted by Gasteiger charge is 2.37. The van der Waals surface area contributed by atoms with E-state index in [9.17, 15) is 19.7 Å². The Balaban J connectivity index is 2.24. The highest BCUT2D eigenvalue weighted by Crippen LogP contribution is 2.40. The predicted octanol–water partition coefficient (Wildman–Crippen LogP) is 2.24. The minimum Gasteiger partial charge on any atom is -0.493 e. The second-order valence-corrected chi connectivity index (χ2v) is 9.71. The molecular weight excluding hydrogens is 428 g/mol. The van der Waals surface area contributed by atoms with Crippen LogP contribution in [-0.2, 0) is 22.9 Å². The van der Waals surface area contributed by atoms with Crippen molar-refractivity contribution in [3.63, 3.8) is 0 Å². The number of carbonyl (C=O) groups excluding carboxylic acids is 2. The second-order valence-electron chi connectivity index (χ2n) is 6.62. The summed E-state index contributed by atoms with van der Waals surface area (Å²) in [6.07, 6.45) is 2.77. The van der Waals surface area contributed by atoms with Gasteiger partial charge in [0.1, 0.15) is 0 Å². The lowest BCUT2D eigenvalue weighted by atomic mass is 10.0. The Morgan fingerprint density at radius 1 is 1.03 bits per heavy atom. The van der Waals surface area contributed by atoms with Gasteiger partial charge < -0.3 is 22.8 Å². The fourth-order valence-electron chi connectivity index (χ4n) is 3.29. The monoisotopic (exact) mass is 454 g/mol. The van der Waals surface area contributed by atoms with Crippen LogP contribution in [-0.4, -0.2) is 65.5 Å². The first-order valence-electron chi connectivity index (χ1n) is 9.43. The van der Waals surface area contributed by atoms with E-state index in [1.54, 1.807) is 0 Å². The zero-order chi connectivity index (χ0) is 23.2. The molecule has 1 atom stereocenters. The SMILES string of the molecule is COc1cc(C(C)N2C(=O)C=CC2=O)c([N+](=O)[O-])cc1OCCC[Si](OC)(OC)OC. The molecule has 1 aliphatic heterocycles. The standard InChI is InChI=1S/C19H26N2O9Si/c1-13(20-18(22)7-8-19(20)23)14-11-16(26-2)17(12-15(14)21(24)25)30-9-6-10-31(27-3,28-4)29-5/h7-8,11-13H,6,9-10H2,1-5H3. The minimum atomic E-state index is -2.75. The summed E-state index contributed by atoms with van der Waals surface area (Å²) < 4.78 is 27.1. The average Bonchev–Trinajstić information content (AvgIpc) is 3.11. The van der Waals surface area contributed by atoms with Crippen LogP contribution in [0.4, 0.5) is 5.69 Å². The molecular formula is C19H26N2O9Si. The number of ether oxygens (including phenoxy) is 2. The molecule has 0 saturated heterocycles. The zero-order valence-electron chi connectivity index (χ0n) is 18.1. The van der Waals surface area contributed by atoms with Crippen molar-refractivity contribution in [1.82, 2.24) is 4.90 Å². The summed E-state index contributed by atoms with van der Waals surface area (Å²) in [7, 11) is 3.18. The summed E-state index contributed by atoms with van der Waals surface area (Å²) >= 11 is 0. The number of hydrogen-bond acceptors (Lipinski definition) is 9. The van der Waals surface area contributed by atoms with Crippen LogP contribution < -0.4 is 9.47 Å². The number of hydrogen-bond donors (Lipinski definition) is 0. The number of nitro benzene ring substituents is 1. The second kappa shape index (κ2) is 10.5. The van der Waals surface area contributed by atoms with Crippen LogP contribution >= 0.6 is 0 Å². The summed E-state index contributed by atoms with van der Waals surface area (Å²) in [6, 6.07) is 2.27. The van der Waals surface area contributed by atoms with Crippen molar-refractivity contribution in [3.05, 3.63) is 40.0 Å². The largest absolute Gasteiger partial charge is 0.500 e. The maximum Gasteiger partial charge on any atom is 0.500 e. The number of carbonyl (C=O) groups is 2. The van der Waals surface area contributed by atoms with Gasteiger partial charge in [-0.25, -0.2) is 0 Å². The lowest BCUT2D eigenvalue weighted by Crippen LogP contribution is -2.42. The molecule has 2 amide bonds. The van der Waals surface area contributed by atoms with Crippen molar-refractivity contribution in [2.75, 3.05) is 35.0 Å². The van der Waals surface area contributed by atoms with Crippen molar-refractivity contribution in [2.24, 2.45) is 0 Å². The Morgan fingerprint density at radius 2 is 1.61 bits per heavy atom. The molecule has 0 aliphatic carbocycles. The summed E-state index contributed by atoms with van der Waals surface area (Å²) in [5.41, 5.74) is -0.130. The molecule has 2 rings (SSSR count). The Labute approximate surface area is 181 Å². The molecule has 0 radical (unpaired) electrons. The van der Waals surface area contributed by atoms with Gasteiger partial charge in [-0.15, -0.1) is 0 Å². The van der Waals surface area contributed by atoms with E-state index in [0.29, 0.717) is 12.5 Å². The van der Waals surface area contributed by atoms with Crippen LogP contribution in [0, 0.1) is 10.1 Å². The van der Waals surface area contributed by atoms with Crippen LogP contribution in [0.2, 0.25) is 6.04 Å². The Morgan fingerprint density at radius 3 is 2.10 bits per heavy atom. The first-order chi connectivity index (χ1) is 14.7. The van der Waals surface area contributed by atoms with Crippen LogP contribution in [0.15, 0.2) is 24.3 Å². The minimum absolute atomic E-state index is 0.157. The Kier molecular flexibility index (Phi) is 8.27. The molecule has 1 unspecified atom stereocenters. The van der Waals surface area contributed by atoms with Crippen molar-refractivity contribution in [3.8, 4) is 11.5 Å². The van der Waals surface area contributed by atoms with Gasteiger partial charge in [0, 0.05) is 39.5 Å². The topological polar surface area (TPSA) is 127 Å². The van der Waals surface area contributed by atoms with E-state index in [-0.39, 0.29) is 29.4 Å². The number of methoxy groups -OCH3 is 1. The molecule has 1 heterocycles. The van der Waals surface area contributed by atoms with Gasteiger partial charge in [0.2, 0.25) is 0 Å². The molecule has 0 aromatic heterocycles. The van der Waals surface area contributed by atoms with Crippen molar-refractivity contribution < 1.29 is 37.3 Å². The number of rotatable bonds is 12. The Hall–Kier alpha value is -2.80. The third-order valence-electron chi connectivity index (χ3n) is 5.01. The summed E-state index contributed by atoms with van der Waals surface area (Å²) in [6.45, 7) is 1.75. The molecule has 0 spiro atoms. The van der Waals surface area contributed by atoms with Crippen LogP contribution in [0.5, 0.6) is 11.5 Å². The molecule has 0 saturated carbocycles. The fourth-order valence-corrected chi connectivity index (χ4v) is 4.98. The molecule has 1 aromatic rings. The highest BCUT2D eigenvalue weighted by molar-refractivity contribution is 6.60. The van der Waals surface area contributed by atoms with E-state index in [1.165, 1.54) is 47.5 Å². The maximum atomic E-state index is 12.0. The molecule has 0 bridgehead atoms. The summed E-state index contributed by atoms with van der Waals surface area (Å²) in [5.74, 6) is -0.656. The van der Waals surface area contributed by atoms with Gasteiger partial charge in [-0.3, -0.25) is 24.6 Å². The zero-order valence-corrected chi connectivity index (χ0v) is 19.1.